The highest BCUT2D eigenvalue weighted by molar-refractivity contribution is 5.47. The number of nitrogens with zero attached hydrogens (tertiary/aromatic N) is 6. The van der Waals surface area contributed by atoms with E-state index in [-0.39, 0.29) is 0 Å². The highest BCUT2D eigenvalue weighted by atomic mass is 15.3. The fourth-order valence-electron chi connectivity index (χ4n) is 3.66. The lowest BCUT2D eigenvalue weighted by atomic mass is 9.95. The van der Waals surface area contributed by atoms with Crippen molar-refractivity contribution in [1.29, 1.82) is 0 Å². The van der Waals surface area contributed by atoms with Gasteiger partial charge in [0.15, 0.2) is 5.82 Å². The molecule has 0 radical (unpaired) electrons. The van der Waals surface area contributed by atoms with Crippen LogP contribution in [0.2, 0.25) is 0 Å². The van der Waals surface area contributed by atoms with Crippen molar-refractivity contribution in [3.05, 3.63) is 47.3 Å². The summed E-state index contributed by atoms with van der Waals surface area (Å²) in [7, 11) is 0. The van der Waals surface area contributed by atoms with Gasteiger partial charge in [-0.25, -0.2) is 14.6 Å². The summed E-state index contributed by atoms with van der Waals surface area (Å²) in [5.74, 6) is 2.21. The fourth-order valence-corrected chi connectivity index (χ4v) is 3.66. The highest BCUT2D eigenvalue weighted by Crippen LogP contribution is 2.30. The van der Waals surface area contributed by atoms with E-state index in [0.717, 1.165) is 43.1 Å². The number of nitrogens with one attached hydrogen (secondary N) is 1. The number of aromatic amines is 1. The summed E-state index contributed by atoms with van der Waals surface area (Å²) in [6, 6.07) is 2.01. The summed E-state index contributed by atoms with van der Waals surface area (Å²) < 4.78 is 1.79. The minimum absolute atomic E-state index is 0.480. The third kappa shape index (κ3) is 3.09. The number of H-pyrrole nitrogens is 1. The number of fused-ring (bicyclic) bond motifs is 1. The molecule has 136 valence electrons. The Hall–Kier alpha value is -2.70. The van der Waals surface area contributed by atoms with Gasteiger partial charge in [0.1, 0.15) is 12.1 Å². The maximum atomic E-state index is 4.61. The van der Waals surface area contributed by atoms with Crippen LogP contribution in [0.4, 0.5) is 5.82 Å². The molecule has 3 aromatic heterocycles. The van der Waals surface area contributed by atoms with E-state index in [4.69, 9.17) is 0 Å². The third-order valence-corrected chi connectivity index (χ3v) is 5.06. The van der Waals surface area contributed by atoms with E-state index in [1.54, 1.807) is 11.0 Å². The molecule has 7 nitrogen and oxygen atoms in total. The van der Waals surface area contributed by atoms with Gasteiger partial charge in [-0.3, -0.25) is 5.10 Å². The van der Waals surface area contributed by atoms with Crippen LogP contribution in [-0.2, 0) is 13.0 Å². The molecule has 0 fully saturated rings. The fraction of sp³-hybridized carbons (Fsp3) is 0.474. The van der Waals surface area contributed by atoms with Crippen LogP contribution in [0.25, 0.3) is 5.82 Å². The summed E-state index contributed by atoms with van der Waals surface area (Å²) in [6.45, 7) is 8.27. The van der Waals surface area contributed by atoms with Crippen molar-refractivity contribution in [3.63, 3.8) is 0 Å². The van der Waals surface area contributed by atoms with Crippen molar-refractivity contribution in [2.45, 2.75) is 52.5 Å². The first-order valence-electron chi connectivity index (χ1n) is 9.30. The Morgan fingerprint density at radius 3 is 2.88 bits per heavy atom. The minimum Gasteiger partial charge on any atom is -0.352 e. The van der Waals surface area contributed by atoms with Gasteiger partial charge < -0.3 is 4.90 Å². The van der Waals surface area contributed by atoms with Gasteiger partial charge in [-0.2, -0.15) is 10.2 Å². The van der Waals surface area contributed by atoms with Crippen LogP contribution < -0.4 is 4.90 Å². The smallest absolute Gasteiger partial charge is 0.158 e. The molecule has 0 spiro atoms. The molecule has 1 atom stereocenters. The second kappa shape index (κ2) is 6.90. The molecule has 1 N–H and O–H groups in total. The first-order valence-corrected chi connectivity index (χ1v) is 9.30. The molecule has 1 unspecified atom stereocenters. The Labute approximate surface area is 153 Å². The predicted molar refractivity (Wildman–Crippen MR) is 101 cm³/mol. The third-order valence-electron chi connectivity index (χ3n) is 5.06. The van der Waals surface area contributed by atoms with E-state index in [1.165, 1.54) is 23.4 Å². The van der Waals surface area contributed by atoms with E-state index in [9.17, 15) is 0 Å². The lowest BCUT2D eigenvalue weighted by Gasteiger charge is -2.28. The molecule has 3 aromatic rings. The van der Waals surface area contributed by atoms with Crippen LogP contribution in [0.5, 0.6) is 0 Å². The molecule has 7 heteroatoms. The number of aromatic nitrogens is 6. The molecule has 26 heavy (non-hydrogen) atoms. The van der Waals surface area contributed by atoms with Crippen molar-refractivity contribution < 1.29 is 0 Å². The number of hydrogen-bond donors (Lipinski definition) is 1. The predicted octanol–water partition coefficient (Wildman–Crippen LogP) is 3.16. The topological polar surface area (TPSA) is 75.5 Å². The molecular formula is C19H25N7. The summed E-state index contributed by atoms with van der Waals surface area (Å²) in [5.41, 5.74) is 4.94. The Morgan fingerprint density at radius 2 is 2.12 bits per heavy atom. The maximum Gasteiger partial charge on any atom is 0.158 e. The Morgan fingerprint density at radius 1 is 1.27 bits per heavy atom. The van der Waals surface area contributed by atoms with E-state index in [1.807, 2.05) is 25.4 Å². The maximum absolute atomic E-state index is 4.61. The normalized spacial score (nSPS) is 15.1. The van der Waals surface area contributed by atoms with Crippen molar-refractivity contribution in [3.8, 4) is 5.82 Å². The number of rotatable bonds is 5. The quantitative estimate of drug-likeness (QED) is 0.764. The van der Waals surface area contributed by atoms with Crippen LogP contribution in [0.1, 0.15) is 55.1 Å². The molecule has 0 amide bonds. The van der Waals surface area contributed by atoms with Crippen LogP contribution >= 0.6 is 0 Å². The van der Waals surface area contributed by atoms with Crippen LogP contribution in [0.15, 0.2) is 24.8 Å². The molecule has 1 aliphatic rings. The summed E-state index contributed by atoms with van der Waals surface area (Å²) >= 11 is 0. The molecule has 0 bridgehead atoms. The summed E-state index contributed by atoms with van der Waals surface area (Å²) in [6.07, 6.45) is 8.72. The van der Waals surface area contributed by atoms with Gasteiger partial charge in [-0.1, -0.05) is 20.3 Å². The van der Waals surface area contributed by atoms with Crippen LogP contribution in [0, 0.1) is 6.92 Å². The van der Waals surface area contributed by atoms with Crippen molar-refractivity contribution in [2.24, 2.45) is 0 Å². The number of anilines is 1. The lowest BCUT2D eigenvalue weighted by Crippen LogP contribution is -2.31. The first-order chi connectivity index (χ1) is 12.7. The van der Waals surface area contributed by atoms with E-state index in [2.05, 4.69) is 44.0 Å². The standard InChI is InChI=1S/C19H25N7/c1-4-5-14(3)19-15-11-25(7-6-16(15)23-24-19)17-8-18(21-12-20-17)26-10-13(2)9-22-26/h8-10,12,14H,4-7,11H2,1-3H3,(H,23,24). The van der Waals surface area contributed by atoms with Crippen molar-refractivity contribution in [1.82, 2.24) is 29.9 Å². The van der Waals surface area contributed by atoms with E-state index < -0.39 is 0 Å². The van der Waals surface area contributed by atoms with Gasteiger partial charge in [0.05, 0.1) is 11.9 Å². The zero-order chi connectivity index (χ0) is 18.1. The summed E-state index contributed by atoms with van der Waals surface area (Å²) in [4.78, 5) is 11.2. The van der Waals surface area contributed by atoms with Gasteiger partial charge in [0.25, 0.3) is 0 Å². The molecule has 4 rings (SSSR count). The zero-order valence-corrected chi connectivity index (χ0v) is 15.6. The average Bonchev–Trinajstić information content (AvgIpc) is 3.27. The minimum atomic E-state index is 0.480. The highest BCUT2D eigenvalue weighted by Gasteiger charge is 2.25. The second-order valence-electron chi connectivity index (χ2n) is 7.12. The second-order valence-corrected chi connectivity index (χ2v) is 7.12. The summed E-state index contributed by atoms with van der Waals surface area (Å²) in [5, 5.41) is 12.2. The van der Waals surface area contributed by atoms with Crippen LogP contribution in [-0.4, -0.2) is 36.5 Å². The Balaban J connectivity index is 1.60. The largest absolute Gasteiger partial charge is 0.352 e. The van der Waals surface area contributed by atoms with Crippen LogP contribution in [0.3, 0.4) is 0 Å². The molecule has 0 saturated carbocycles. The van der Waals surface area contributed by atoms with E-state index >= 15 is 0 Å². The van der Waals surface area contributed by atoms with Crippen molar-refractivity contribution >= 4 is 5.82 Å². The first kappa shape index (κ1) is 16.8. The SMILES string of the molecule is CCCC(C)c1n[nH]c2c1CN(c1cc(-n3cc(C)cn3)ncn1)CC2. The van der Waals surface area contributed by atoms with Gasteiger partial charge in [-0.05, 0) is 18.9 Å². The van der Waals surface area contributed by atoms with E-state index in [0.29, 0.717) is 5.92 Å². The van der Waals surface area contributed by atoms with Gasteiger partial charge in [0.2, 0.25) is 0 Å². The molecule has 0 aliphatic carbocycles. The molecule has 4 heterocycles. The van der Waals surface area contributed by atoms with Gasteiger partial charge in [0, 0.05) is 48.9 Å². The molecule has 0 saturated heterocycles. The Bertz CT molecular complexity index is 895. The lowest BCUT2D eigenvalue weighted by molar-refractivity contribution is 0.632. The molecular weight excluding hydrogens is 326 g/mol. The Kier molecular flexibility index (Phi) is 4.44. The van der Waals surface area contributed by atoms with Gasteiger partial charge in [-0.15, -0.1) is 0 Å². The molecule has 1 aliphatic heterocycles. The molecule has 0 aromatic carbocycles. The average molecular weight is 351 g/mol. The zero-order valence-electron chi connectivity index (χ0n) is 15.6. The van der Waals surface area contributed by atoms with Gasteiger partial charge >= 0.3 is 0 Å². The number of aryl methyl sites for hydroxylation is 1. The number of hydrogen-bond acceptors (Lipinski definition) is 5. The monoisotopic (exact) mass is 351 g/mol. The van der Waals surface area contributed by atoms with Crippen molar-refractivity contribution in [2.75, 3.05) is 11.4 Å².